The van der Waals surface area contributed by atoms with E-state index in [9.17, 15) is 14.7 Å². The van der Waals surface area contributed by atoms with Crippen molar-refractivity contribution in [1.29, 1.82) is 0 Å². The number of hydrogen-bond donors (Lipinski definition) is 1. The van der Waals surface area contributed by atoms with Crippen molar-refractivity contribution in [3.63, 3.8) is 0 Å². The van der Waals surface area contributed by atoms with Crippen LogP contribution in [0.1, 0.15) is 41.0 Å². The van der Waals surface area contributed by atoms with E-state index in [1.165, 1.54) is 4.90 Å². The number of amides is 1. The summed E-state index contributed by atoms with van der Waals surface area (Å²) in [5.74, 6) is -0.563. The minimum absolute atomic E-state index is 0.0961. The third kappa shape index (κ3) is 1.91. The Bertz CT molecular complexity index is 412. The number of aliphatic hydroxyl groups excluding tert-OH is 1. The van der Waals surface area contributed by atoms with Gasteiger partial charge in [0.15, 0.2) is 11.3 Å². The van der Waals surface area contributed by atoms with Crippen molar-refractivity contribution >= 4 is 11.7 Å². The summed E-state index contributed by atoms with van der Waals surface area (Å²) < 4.78 is 5.72. The average molecular weight is 269 g/mol. The maximum absolute atomic E-state index is 12.3. The van der Waals surface area contributed by atoms with Gasteiger partial charge in [-0.1, -0.05) is 34.6 Å². The second-order valence-electron chi connectivity index (χ2n) is 7.01. The molecular formula is C14H23NO4. The highest BCUT2D eigenvalue weighted by atomic mass is 16.5. The molecule has 0 saturated carbocycles. The van der Waals surface area contributed by atoms with E-state index < -0.39 is 17.9 Å². The third-order valence-electron chi connectivity index (χ3n) is 4.05. The number of carbonyl (C=O) groups excluding carboxylic acids is 2. The molecule has 2 saturated heterocycles. The maximum Gasteiger partial charge on any atom is 0.233 e. The van der Waals surface area contributed by atoms with Crippen LogP contribution in [0.5, 0.6) is 0 Å². The highest BCUT2D eigenvalue weighted by molar-refractivity contribution is 6.11. The van der Waals surface area contributed by atoms with Crippen LogP contribution in [0.2, 0.25) is 0 Å². The van der Waals surface area contributed by atoms with Crippen LogP contribution in [0.3, 0.4) is 0 Å². The van der Waals surface area contributed by atoms with Gasteiger partial charge >= 0.3 is 0 Å². The van der Waals surface area contributed by atoms with E-state index in [1.807, 2.05) is 34.6 Å². The first-order chi connectivity index (χ1) is 8.62. The number of nitrogens with zero attached hydrogens (tertiary/aromatic N) is 1. The van der Waals surface area contributed by atoms with Gasteiger partial charge in [0.1, 0.15) is 6.23 Å². The van der Waals surface area contributed by atoms with Crippen molar-refractivity contribution in [2.24, 2.45) is 11.3 Å². The fourth-order valence-corrected chi connectivity index (χ4v) is 3.08. The molecule has 0 bridgehead atoms. The van der Waals surface area contributed by atoms with Crippen molar-refractivity contribution < 1.29 is 19.4 Å². The summed E-state index contributed by atoms with van der Waals surface area (Å²) >= 11 is 0. The summed E-state index contributed by atoms with van der Waals surface area (Å²) in [5, 5.41) is 10.5. The largest absolute Gasteiger partial charge is 0.390 e. The molecule has 5 heteroatoms. The molecule has 5 nitrogen and oxygen atoms in total. The quantitative estimate of drug-likeness (QED) is 0.758. The van der Waals surface area contributed by atoms with Gasteiger partial charge < -0.3 is 9.84 Å². The van der Waals surface area contributed by atoms with E-state index in [4.69, 9.17) is 4.74 Å². The molecular weight excluding hydrogens is 246 g/mol. The van der Waals surface area contributed by atoms with Gasteiger partial charge in [-0.2, -0.15) is 0 Å². The van der Waals surface area contributed by atoms with Crippen molar-refractivity contribution in [3.8, 4) is 0 Å². The van der Waals surface area contributed by atoms with Crippen molar-refractivity contribution in [3.05, 3.63) is 0 Å². The highest BCUT2D eigenvalue weighted by Gasteiger charge is 2.65. The van der Waals surface area contributed by atoms with Crippen LogP contribution in [0, 0.1) is 11.3 Å². The van der Waals surface area contributed by atoms with Gasteiger partial charge in [0.2, 0.25) is 5.91 Å². The van der Waals surface area contributed by atoms with Crippen molar-refractivity contribution in [2.75, 3.05) is 6.61 Å². The monoisotopic (exact) mass is 269 g/mol. The number of hydrogen-bond acceptors (Lipinski definition) is 4. The van der Waals surface area contributed by atoms with Crippen LogP contribution in [0.4, 0.5) is 0 Å². The molecule has 2 fully saturated rings. The van der Waals surface area contributed by atoms with Crippen LogP contribution < -0.4 is 0 Å². The zero-order valence-electron chi connectivity index (χ0n) is 12.3. The Balaban J connectivity index is 2.46. The topological polar surface area (TPSA) is 66.8 Å². The minimum atomic E-state index is -1.18. The second-order valence-corrected chi connectivity index (χ2v) is 7.01. The summed E-state index contributed by atoms with van der Waals surface area (Å²) in [6.07, 6.45) is -1.47. The van der Waals surface area contributed by atoms with E-state index >= 15 is 0 Å². The van der Waals surface area contributed by atoms with E-state index in [2.05, 4.69) is 0 Å². The minimum Gasteiger partial charge on any atom is -0.390 e. The van der Waals surface area contributed by atoms with Gasteiger partial charge in [-0.25, -0.2) is 0 Å². The van der Waals surface area contributed by atoms with Gasteiger partial charge in [0, 0.05) is 5.41 Å². The van der Waals surface area contributed by atoms with Gasteiger partial charge in [-0.05, 0) is 5.92 Å². The zero-order chi connectivity index (χ0) is 14.6. The number of carbonyl (C=O) groups is 2. The second kappa shape index (κ2) is 4.28. The normalized spacial score (nSPS) is 33.2. The van der Waals surface area contributed by atoms with E-state index in [-0.39, 0.29) is 36.1 Å². The number of ether oxygens (including phenoxy) is 1. The lowest BCUT2D eigenvalue weighted by molar-refractivity contribution is -0.146. The summed E-state index contributed by atoms with van der Waals surface area (Å²) in [4.78, 5) is 26.0. The Morgan fingerprint density at radius 1 is 1.37 bits per heavy atom. The lowest BCUT2D eigenvalue weighted by atomic mass is 9.82. The van der Waals surface area contributed by atoms with Crippen LogP contribution in [-0.2, 0) is 14.3 Å². The molecule has 0 aliphatic carbocycles. The average Bonchev–Trinajstić information content (AvgIpc) is 2.76. The molecule has 2 aliphatic rings. The van der Waals surface area contributed by atoms with Crippen molar-refractivity contribution in [1.82, 2.24) is 4.90 Å². The van der Waals surface area contributed by atoms with Crippen molar-refractivity contribution in [2.45, 2.75) is 58.9 Å². The summed E-state index contributed by atoms with van der Waals surface area (Å²) in [7, 11) is 0. The third-order valence-corrected chi connectivity index (χ3v) is 4.05. The van der Waals surface area contributed by atoms with Gasteiger partial charge in [-0.15, -0.1) is 0 Å². The standard InChI is InChI=1S/C14H23NO4/c1-8(2)11(18)14-7-19-12(13(3,4)5)15(14)10(17)6-9(14)16/h8,11-12,18H,6-7H2,1-5H3/t11-,12+,14+/m0/s1. The molecule has 0 aromatic carbocycles. The van der Waals surface area contributed by atoms with Gasteiger partial charge in [-0.3, -0.25) is 14.5 Å². The van der Waals surface area contributed by atoms with E-state index in [1.54, 1.807) is 0 Å². The number of fused-ring (bicyclic) bond motifs is 1. The summed E-state index contributed by atoms with van der Waals surface area (Å²) in [5.41, 5.74) is -1.47. The Labute approximate surface area is 113 Å². The fraction of sp³-hybridized carbons (Fsp3) is 0.857. The molecule has 2 heterocycles. The number of rotatable bonds is 2. The smallest absolute Gasteiger partial charge is 0.233 e. The maximum atomic E-state index is 12.3. The Morgan fingerprint density at radius 2 is 1.95 bits per heavy atom. The van der Waals surface area contributed by atoms with Gasteiger partial charge in [0.25, 0.3) is 0 Å². The lowest BCUT2D eigenvalue weighted by Gasteiger charge is -2.40. The van der Waals surface area contributed by atoms with Crippen LogP contribution in [-0.4, -0.2) is 46.2 Å². The molecule has 1 amide bonds. The molecule has 3 atom stereocenters. The van der Waals surface area contributed by atoms with Gasteiger partial charge in [0.05, 0.1) is 19.1 Å². The van der Waals surface area contributed by atoms with Crippen LogP contribution in [0.15, 0.2) is 0 Å². The fourth-order valence-electron chi connectivity index (χ4n) is 3.08. The molecule has 0 aromatic rings. The predicted octanol–water partition coefficient (Wildman–Crippen LogP) is 0.946. The van der Waals surface area contributed by atoms with Crippen LogP contribution >= 0.6 is 0 Å². The molecule has 0 aromatic heterocycles. The molecule has 2 aliphatic heterocycles. The Kier molecular flexibility index (Phi) is 3.26. The molecule has 19 heavy (non-hydrogen) atoms. The zero-order valence-corrected chi connectivity index (χ0v) is 12.3. The SMILES string of the molecule is CC(C)[C@H](O)[C@]12CO[C@H](C(C)(C)C)N1C(=O)CC2=O. The molecule has 0 unspecified atom stereocenters. The highest BCUT2D eigenvalue weighted by Crippen LogP contribution is 2.45. The Hall–Kier alpha value is -0.940. The van der Waals surface area contributed by atoms with E-state index in [0.29, 0.717) is 0 Å². The lowest BCUT2D eigenvalue weighted by Crippen LogP contribution is -2.60. The number of aliphatic hydroxyl groups is 1. The molecule has 0 radical (unpaired) electrons. The first-order valence-electron chi connectivity index (χ1n) is 6.77. The first-order valence-corrected chi connectivity index (χ1v) is 6.77. The molecule has 2 rings (SSSR count). The summed E-state index contributed by atoms with van der Waals surface area (Å²) in [6, 6.07) is 0. The van der Waals surface area contributed by atoms with Crippen LogP contribution in [0.25, 0.3) is 0 Å². The number of ketones is 1. The predicted molar refractivity (Wildman–Crippen MR) is 69.2 cm³/mol. The van der Waals surface area contributed by atoms with E-state index in [0.717, 1.165) is 0 Å². The first kappa shape index (κ1) is 14.5. The summed E-state index contributed by atoms with van der Waals surface area (Å²) in [6.45, 7) is 9.68. The molecule has 108 valence electrons. The molecule has 0 spiro atoms. The number of Topliss-reactive ketones (excluding diaryl/α,β-unsaturated/α-hetero) is 1. The molecule has 1 N–H and O–H groups in total. The Morgan fingerprint density at radius 3 is 2.42 bits per heavy atom.